The Morgan fingerprint density at radius 3 is 2.72 bits per heavy atom. The number of anilines is 5. The number of aliphatic carboxylic acids is 1. The molecular formula is C20H27N9O3. The number of carbonyl (C=O) groups is 1. The number of ether oxygens (including phenoxy) is 1. The van der Waals surface area contributed by atoms with E-state index in [2.05, 4.69) is 20.4 Å². The van der Waals surface area contributed by atoms with E-state index in [4.69, 9.17) is 27.2 Å². The normalized spacial score (nSPS) is 10.7. The molecule has 0 unspecified atom stereocenters. The fraction of sp³-hybridized carbons (Fsp3) is 0.300. The molecule has 0 fully saturated rings. The Hall–Kier alpha value is -3.90. The van der Waals surface area contributed by atoms with Crippen LogP contribution in [0.15, 0.2) is 42.9 Å². The first-order chi connectivity index (χ1) is 15.5. The van der Waals surface area contributed by atoms with Crippen LogP contribution in [-0.4, -0.2) is 44.0 Å². The minimum absolute atomic E-state index is 0.0835. The highest BCUT2D eigenvalue weighted by Gasteiger charge is 2.13. The summed E-state index contributed by atoms with van der Waals surface area (Å²) in [6, 6.07) is 7.21. The molecule has 12 heteroatoms. The number of hydrogen-bond acceptors (Lipinski definition) is 10. The predicted molar refractivity (Wildman–Crippen MR) is 121 cm³/mol. The molecule has 0 saturated carbocycles. The van der Waals surface area contributed by atoms with Crippen LogP contribution < -0.4 is 32.4 Å². The van der Waals surface area contributed by atoms with E-state index in [1.165, 1.54) is 11.2 Å². The average Bonchev–Trinajstić information content (AvgIpc) is 3.22. The standard InChI is InChI=1S/C20H27N9O3/c21-8-2-10-32-16-6-4-15(5-7-16)29(23)19-17(22)12-24-20(27-19)26-14-11-25-28(13-14)9-1-3-18(30)31/h4-7,11-13H,1-3,8-10,21-23H2,(H,30,31)(H,24,26,27). The molecule has 2 aromatic heterocycles. The maximum atomic E-state index is 10.6. The van der Waals surface area contributed by atoms with E-state index in [9.17, 15) is 4.79 Å². The van der Waals surface area contributed by atoms with Crippen molar-refractivity contribution < 1.29 is 14.6 Å². The number of benzene rings is 1. The van der Waals surface area contributed by atoms with Crippen molar-refractivity contribution in [2.24, 2.45) is 11.6 Å². The molecule has 0 spiro atoms. The average molecular weight is 441 g/mol. The van der Waals surface area contributed by atoms with Crippen LogP contribution in [0.25, 0.3) is 0 Å². The summed E-state index contributed by atoms with van der Waals surface area (Å²) in [4.78, 5) is 19.2. The lowest BCUT2D eigenvalue weighted by Gasteiger charge is -2.20. The van der Waals surface area contributed by atoms with Crippen LogP contribution in [0.3, 0.4) is 0 Å². The summed E-state index contributed by atoms with van der Waals surface area (Å²) in [5.41, 5.74) is 13.1. The van der Waals surface area contributed by atoms with Gasteiger partial charge in [-0.2, -0.15) is 10.1 Å². The van der Waals surface area contributed by atoms with E-state index in [0.29, 0.717) is 54.7 Å². The number of nitrogen functional groups attached to an aromatic ring is 1. The molecule has 12 nitrogen and oxygen atoms in total. The molecule has 0 aliphatic rings. The van der Waals surface area contributed by atoms with Crippen molar-refractivity contribution in [3.05, 3.63) is 42.9 Å². The summed E-state index contributed by atoms with van der Waals surface area (Å²) >= 11 is 0. The Bertz CT molecular complexity index is 1020. The van der Waals surface area contributed by atoms with Crippen molar-refractivity contribution in [3.63, 3.8) is 0 Å². The fourth-order valence-electron chi connectivity index (χ4n) is 2.81. The lowest BCUT2D eigenvalue weighted by atomic mass is 10.3. The van der Waals surface area contributed by atoms with E-state index in [-0.39, 0.29) is 12.4 Å². The summed E-state index contributed by atoms with van der Waals surface area (Å²) in [6.07, 6.45) is 6.15. The third kappa shape index (κ3) is 6.30. The molecule has 0 aliphatic heterocycles. The number of carboxylic acids is 1. The van der Waals surface area contributed by atoms with Crippen molar-refractivity contribution in [2.45, 2.75) is 25.8 Å². The molecule has 1 aromatic carbocycles. The van der Waals surface area contributed by atoms with Crippen molar-refractivity contribution in [3.8, 4) is 5.75 Å². The Kier molecular flexibility index (Phi) is 7.78. The predicted octanol–water partition coefficient (Wildman–Crippen LogP) is 1.60. The van der Waals surface area contributed by atoms with Gasteiger partial charge >= 0.3 is 5.97 Å². The van der Waals surface area contributed by atoms with Gasteiger partial charge in [-0.25, -0.2) is 10.8 Å². The Balaban J connectivity index is 1.66. The number of hydrazine groups is 1. The zero-order valence-electron chi connectivity index (χ0n) is 17.5. The molecule has 32 heavy (non-hydrogen) atoms. The summed E-state index contributed by atoms with van der Waals surface area (Å²) in [5, 5.41) is 17.3. The molecule has 2 heterocycles. The van der Waals surface area contributed by atoms with Crippen molar-refractivity contribution >= 4 is 34.8 Å². The highest BCUT2D eigenvalue weighted by molar-refractivity contribution is 5.71. The number of aryl methyl sites for hydroxylation is 1. The Morgan fingerprint density at radius 1 is 1.22 bits per heavy atom. The number of nitrogens with two attached hydrogens (primary N) is 3. The van der Waals surface area contributed by atoms with Crippen molar-refractivity contribution in [1.29, 1.82) is 0 Å². The van der Waals surface area contributed by atoms with Crippen molar-refractivity contribution in [1.82, 2.24) is 19.7 Å². The first-order valence-corrected chi connectivity index (χ1v) is 10.1. The number of hydrogen-bond donors (Lipinski definition) is 5. The number of nitrogens with one attached hydrogen (secondary N) is 1. The van der Waals surface area contributed by atoms with Crippen LogP contribution in [0.1, 0.15) is 19.3 Å². The number of aromatic nitrogens is 4. The molecule has 3 rings (SSSR count). The SMILES string of the molecule is NCCCOc1ccc(N(N)c2nc(Nc3cnn(CCCC(=O)O)c3)ncc2N)cc1. The maximum Gasteiger partial charge on any atom is 0.303 e. The van der Waals surface area contributed by atoms with Gasteiger partial charge in [-0.1, -0.05) is 0 Å². The van der Waals surface area contributed by atoms with E-state index in [0.717, 1.165) is 6.42 Å². The quantitative estimate of drug-likeness (QED) is 0.156. The summed E-state index contributed by atoms with van der Waals surface area (Å²) < 4.78 is 7.25. The fourth-order valence-corrected chi connectivity index (χ4v) is 2.81. The van der Waals surface area contributed by atoms with Gasteiger partial charge in [-0.05, 0) is 43.7 Å². The Morgan fingerprint density at radius 2 is 2.00 bits per heavy atom. The van der Waals surface area contributed by atoms with Gasteiger partial charge in [0.15, 0.2) is 5.82 Å². The second-order valence-corrected chi connectivity index (χ2v) is 6.94. The van der Waals surface area contributed by atoms with Crippen LogP contribution in [0.2, 0.25) is 0 Å². The third-order valence-corrected chi connectivity index (χ3v) is 4.42. The molecule has 0 aliphatic carbocycles. The first-order valence-electron chi connectivity index (χ1n) is 10.1. The van der Waals surface area contributed by atoms with Crippen LogP contribution in [0.5, 0.6) is 5.75 Å². The van der Waals surface area contributed by atoms with E-state index in [1.807, 2.05) is 0 Å². The van der Waals surface area contributed by atoms with E-state index in [1.54, 1.807) is 41.3 Å². The maximum absolute atomic E-state index is 10.6. The molecule has 0 bridgehead atoms. The van der Waals surface area contributed by atoms with Gasteiger partial charge in [-0.15, -0.1) is 0 Å². The summed E-state index contributed by atoms with van der Waals surface area (Å²) in [5.74, 6) is 6.75. The van der Waals surface area contributed by atoms with Gasteiger partial charge in [-0.3, -0.25) is 14.5 Å². The van der Waals surface area contributed by atoms with Crippen LogP contribution in [-0.2, 0) is 11.3 Å². The number of rotatable bonds is 12. The summed E-state index contributed by atoms with van der Waals surface area (Å²) in [7, 11) is 0. The van der Waals surface area contributed by atoms with Crippen LogP contribution >= 0.6 is 0 Å². The molecule has 3 aromatic rings. The molecular weight excluding hydrogens is 414 g/mol. The second-order valence-electron chi connectivity index (χ2n) is 6.94. The van der Waals surface area contributed by atoms with E-state index < -0.39 is 5.97 Å². The lowest BCUT2D eigenvalue weighted by Crippen LogP contribution is -2.27. The smallest absolute Gasteiger partial charge is 0.303 e. The zero-order valence-corrected chi connectivity index (χ0v) is 17.5. The van der Waals surface area contributed by atoms with Gasteiger partial charge in [0.25, 0.3) is 0 Å². The highest BCUT2D eigenvalue weighted by Crippen LogP contribution is 2.28. The first kappa shape index (κ1) is 22.8. The van der Waals surface area contributed by atoms with Gasteiger partial charge < -0.3 is 26.6 Å². The van der Waals surface area contributed by atoms with Gasteiger partial charge in [0.2, 0.25) is 5.95 Å². The van der Waals surface area contributed by atoms with Gasteiger partial charge in [0, 0.05) is 19.2 Å². The molecule has 0 amide bonds. The second kappa shape index (κ2) is 10.9. The topological polar surface area (TPSA) is 183 Å². The number of nitrogens with zero attached hydrogens (tertiary/aromatic N) is 5. The van der Waals surface area contributed by atoms with Crippen LogP contribution in [0, 0.1) is 0 Å². The minimum atomic E-state index is -0.835. The monoisotopic (exact) mass is 441 g/mol. The summed E-state index contributed by atoms with van der Waals surface area (Å²) in [6.45, 7) is 1.61. The van der Waals surface area contributed by atoms with Gasteiger partial charge in [0.1, 0.15) is 5.75 Å². The highest BCUT2D eigenvalue weighted by atomic mass is 16.5. The van der Waals surface area contributed by atoms with Gasteiger partial charge in [0.05, 0.1) is 36.1 Å². The number of carboxylic acid groups (broad SMARTS) is 1. The third-order valence-electron chi connectivity index (χ3n) is 4.42. The van der Waals surface area contributed by atoms with Crippen molar-refractivity contribution in [2.75, 3.05) is 29.2 Å². The molecule has 0 saturated heterocycles. The molecule has 170 valence electrons. The van der Waals surface area contributed by atoms with Crippen LogP contribution in [0.4, 0.5) is 28.8 Å². The molecule has 8 N–H and O–H groups in total. The lowest BCUT2D eigenvalue weighted by molar-refractivity contribution is -0.137. The Labute approximate surface area is 185 Å². The van der Waals surface area contributed by atoms with E-state index >= 15 is 0 Å². The molecule has 0 atom stereocenters. The largest absolute Gasteiger partial charge is 0.494 e. The molecule has 0 radical (unpaired) electrons. The zero-order chi connectivity index (χ0) is 22.9. The minimum Gasteiger partial charge on any atom is -0.494 e.